The normalized spacial score (nSPS) is 11.9. The van der Waals surface area contributed by atoms with Gasteiger partial charge in [0.1, 0.15) is 0 Å². The minimum absolute atomic E-state index is 0.0298. The molecule has 0 aromatic heterocycles. The molecule has 0 aliphatic carbocycles. The van der Waals surface area contributed by atoms with Crippen molar-refractivity contribution >= 4 is 5.91 Å². The van der Waals surface area contributed by atoms with Crippen LogP contribution in [0.3, 0.4) is 0 Å². The number of hydrogen-bond acceptors (Lipinski definition) is 3. The van der Waals surface area contributed by atoms with Gasteiger partial charge in [-0.1, -0.05) is 12.1 Å². The molecule has 1 aromatic carbocycles. The zero-order chi connectivity index (χ0) is 14.1. The fraction of sp³-hybridized carbons (Fsp3) is 0.500. The van der Waals surface area contributed by atoms with Gasteiger partial charge >= 0.3 is 0 Å². The maximum absolute atomic E-state index is 13.2. The summed E-state index contributed by atoms with van der Waals surface area (Å²) in [5.41, 5.74) is 5.57. The van der Waals surface area contributed by atoms with Crippen LogP contribution in [-0.2, 0) is 4.79 Å². The van der Waals surface area contributed by atoms with Gasteiger partial charge in [0, 0.05) is 19.0 Å². The molecule has 1 rings (SSSR count). The molecule has 19 heavy (non-hydrogen) atoms. The van der Waals surface area contributed by atoms with Gasteiger partial charge in [0.15, 0.2) is 11.6 Å². The third-order valence-electron chi connectivity index (χ3n) is 2.56. The van der Waals surface area contributed by atoms with Gasteiger partial charge in [-0.15, -0.1) is 0 Å². The fourth-order valence-corrected chi connectivity index (χ4v) is 1.50. The molecule has 1 amide bonds. The summed E-state index contributed by atoms with van der Waals surface area (Å²) in [6.45, 7) is 2.81. The summed E-state index contributed by atoms with van der Waals surface area (Å²) in [4.78, 5) is 11.4. The molecule has 0 heterocycles. The third-order valence-corrected chi connectivity index (χ3v) is 2.56. The number of hydrogen-bond donors (Lipinski definition) is 2. The van der Waals surface area contributed by atoms with E-state index in [9.17, 15) is 9.18 Å². The zero-order valence-corrected chi connectivity index (χ0v) is 11.2. The Morgan fingerprint density at radius 3 is 2.89 bits per heavy atom. The quantitative estimate of drug-likeness (QED) is 0.707. The van der Waals surface area contributed by atoms with Gasteiger partial charge in [0.2, 0.25) is 5.91 Å². The zero-order valence-electron chi connectivity index (χ0n) is 11.2. The number of nitrogens with two attached hydrogens (primary N) is 1. The fourth-order valence-electron chi connectivity index (χ4n) is 1.50. The van der Waals surface area contributed by atoms with Crippen molar-refractivity contribution in [3.63, 3.8) is 0 Å². The molecule has 0 spiro atoms. The lowest BCUT2D eigenvalue weighted by molar-refractivity contribution is -0.121. The van der Waals surface area contributed by atoms with Crippen LogP contribution >= 0.6 is 0 Å². The van der Waals surface area contributed by atoms with Crippen LogP contribution in [0.1, 0.15) is 26.2 Å². The first-order valence-electron chi connectivity index (χ1n) is 6.49. The van der Waals surface area contributed by atoms with Crippen molar-refractivity contribution in [2.24, 2.45) is 5.73 Å². The van der Waals surface area contributed by atoms with Crippen LogP contribution in [0.2, 0.25) is 0 Å². The minimum atomic E-state index is -0.385. The van der Waals surface area contributed by atoms with Crippen LogP contribution in [0.4, 0.5) is 4.39 Å². The summed E-state index contributed by atoms with van der Waals surface area (Å²) >= 11 is 0. The van der Waals surface area contributed by atoms with E-state index >= 15 is 0 Å². The number of halogens is 1. The van der Waals surface area contributed by atoms with Crippen molar-refractivity contribution in [2.45, 2.75) is 32.2 Å². The summed E-state index contributed by atoms with van der Waals surface area (Å²) in [7, 11) is 0. The Morgan fingerprint density at radius 1 is 1.47 bits per heavy atom. The summed E-state index contributed by atoms with van der Waals surface area (Å²) in [5, 5.41) is 2.78. The number of rotatable bonds is 8. The molecule has 1 unspecified atom stereocenters. The SMILES string of the molecule is CC(N)CCNC(=O)CCCOc1ccccc1F. The van der Waals surface area contributed by atoms with E-state index in [0.29, 0.717) is 26.0 Å². The van der Waals surface area contributed by atoms with Crippen molar-refractivity contribution in [3.8, 4) is 5.75 Å². The highest BCUT2D eigenvalue weighted by Crippen LogP contribution is 2.15. The second-order valence-corrected chi connectivity index (χ2v) is 4.50. The number of carbonyl (C=O) groups is 1. The van der Waals surface area contributed by atoms with E-state index in [1.54, 1.807) is 18.2 Å². The number of carbonyl (C=O) groups excluding carboxylic acids is 1. The second-order valence-electron chi connectivity index (χ2n) is 4.50. The van der Waals surface area contributed by atoms with Gasteiger partial charge in [-0.05, 0) is 31.9 Å². The van der Waals surface area contributed by atoms with Crippen molar-refractivity contribution in [3.05, 3.63) is 30.1 Å². The van der Waals surface area contributed by atoms with E-state index in [0.717, 1.165) is 6.42 Å². The molecule has 0 saturated carbocycles. The molecule has 3 N–H and O–H groups in total. The number of para-hydroxylation sites is 1. The highest BCUT2D eigenvalue weighted by molar-refractivity contribution is 5.75. The molecule has 4 nitrogen and oxygen atoms in total. The van der Waals surface area contributed by atoms with E-state index in [2.05, 4.69) is 5.32 Å². The molecule has 0 radical (unpaired) electrons. The van der Waals surface area contributed by atoms with Gasteiger partial charge in [-0.3, -0.25) is 4.79 Å². The highest BCUT2D eigenvalue weighted by atomic mass is 19.1. The molecular weight excluding hydrogens is 247 g/mol. The Labute approximate surface area is 113 Å². The van der Waals surface area contributed by atoms with E-state index < -0.39 is 0 Å². The molecule has 0 aliphatic heterocycles. The van der Waals surface area contributed by atoms with E-state index in [1.165, 1.54) is 6.07 Å². The highest BCUT2D eigenvalue weighted by Gasteiger charge is 2.04. The van der Waals surface area contributed by atoms with Gasteiger partial charge in [-0.2, -0.15) is 0 Å². The smallest absolute Gasteiger partial charge is 0.220 e. The molecule has 0 saturated heterocycles. The van der Waals surface area contributed by atoms with E-state index in [-0.39, 0.29) is 23.5 Å². The summed E-state index contributed by atoms with van der Waals surface area (Å²) in [5.74, 6) is -0.193. The van der Waals surface area contributed by atoms with Crippen molar-refractivity contribution in [1.29, 1.82) is 0 Å². The number of nitrogens with one attached hydrogen (secondary N) is 1. The molecule has 1 aromatic rings. The number of benzene rings is 1. The molecule has 1 atom stereocenters. The standard InChI is InChI=1S/C14H21FN2O2/c1-11(16)8-9-17-14(18)7-4-10-19-13-6-3-2-5-12(13)15/h2-3,5-6,11H,4,7-10,16H2,1H3,(H,17,18). The first kappa shape index (κ1) is 15.4. The van der Waals surface area contributed by atoms with Gasteiger partial charge in [-0.25, -0.2) is 4.39 Å². The molecule has 0 aliphatic rings. The Kier molecular flexibility index (Phi) is 6.89. The monoisotopic (exact) mass is 268 g/mol. The molecule has 5 heteroatoms. The Morgan fingerprint density at radius 2 is 2.21 bits per heavy atom. The summed E-state index contributed by atoms with van der Waals surface area (Å²) < 4.78 is 18.5. The number of amides is 1. The van der Waals surface area contributed by atoms with Crippen molar-refractivity contribution < 1.29 is 13.9 Å². The maximum Gasteiger partial charge on any atom is 0.220 e. The Balaban J connectivity index is 2.10. The lowest BCUT2D eigenvalue weighted by Crippen LogP contribution is -2.28. The Bertz CT molecular complexity index is 397. The minimum Gasteiger partial charge on any atom is -0.491 e. The van der Waals surface area contributed by atoms with Crippen molar-refractivity contribution in [2.75, 3.05) is 13.2 Å². The first-order valence-corrected chi connectivity index (χ1v) is 6.49. The topological polar surface area (TPSA) is 64.3 Å². The molecular formula is C14H21FN2O2. The first-order chi connectivity index (χ1) is 9.09. The van der Waals surface area contributed by atoms with Crippen LogP contribution in [0, 0.1) is 5.82 Å². The lowest BCUT2D eigenvalue weighted by Gasteiger charge is -2.08. The third kappa shape index (κ3) is 6.76. The molecule has 106 valence electrons. The second kappa shape index (κ2) is 8.48. The average molecular weight is 268 g/mol. The van der Waals surface area contributed by atoms with Gasteiger partial charge in [0.05, 0.1) is 6.61 Å². The summed E-state index contributed by atoms with van der Waals surface area (Å²) in [6.07, 6.45) is 1.68. The van der Waals surface area contributed by atoms with Crippen LogP contribution in [0.5, 0.6) is 5.75 Å². The predicted octanol–water partition coefficient (Wildman–Crippen LogP) is 1.84. The molecule has 0 bridgehead atoms. The number of ether oxygens (including phenoxy) is 1. The lowest BCUT2D eigenvalue weighted by atomic mass is 10.2. The van der Waals surface area contributed by atoms with E-state index in [1.807, 2.05) is 6.92 Å². The maximum atomic E-state index is 13.2. The van der Waals surface area contributed by atoms with Gasteiger partial charge < -0.3 is 15.8 Å². The predicted molar refractivity (Wildman–Crippen MR) is 72.4 cm³/mol. The van der Waals surface area contributed by atoms with Crippen LogP contribution in [0.15, 0.2) is 24.3 Å². The van der Waals surface area contributed by atoms with Gasteiger partial charge in [0.25, 0.3) is 0 Å². The summed E-state index contributed by atoms with van der Waals surface area (Å²) in [6, 6.07) is 6.31. The average Bonchev–Trinajstić information content (AvgIpc) is 2.36. The van der Waals surface area contributed by atoms with E-state index in [4.69, 9.17) is 10.5 Å². The van der Waals surface area contributed by atoms with Crippen molar-refractivity contribution in [1.82, 2.24) is 5.32 Å². The molecule has 0 fully saturated rings. The van der Waals surface area contributed by atoms with Crippen LogP contribution < -0.4 is 15.8 Å². The Hall–Kier alpha value is -1.62. The van der Waals surface area contributed by atoms with Crippen LogP contribution in [0.25, 0.3) is 0 Å². The largest absolute Gasteiger partial charge is 0.491 e. The van der Waals surface area contributed by atoms with Crippen LogP contribution in [-0.4, -0.2) is 25.1 Å².